The number of carbonyl (C=O) groups is 1. The maximum absolute atomic E-state index is 13.5. The Morgan fingerprint density at radius 1 is 1.09 bits per heavy atom. The lowest BCUT2D eigenvalue weighted by Gasteiger charge is -2.29. The lowest BCUT2D eigenvalue weighted by molar-refractivity contribution is 0.0983. The zero-order valence-corrected chi connectivity index (χ0v) is 20.4. The van der Waals surface area contributed by atoms with Crippen molar-refractivity contribution in [3.05, 3.63) is 78.3 Å². The molecule has 0 spiro atoms. The number of benzene rings is 2. The Hall–Kier alpha value is -3.01. The van der Waals surface area contributed by atoms with E-state index in [1.807, 2.05) is 30.3 Å². The van der Waals surface area contributed by atoms with Crippen LogP contribution in [0.4, 0.5) is 5.13 Å². The second-order valence-electron chi connectivity index (χ2n) is 8.55. The molecule has 9 heteroatoms. The highest BCUT2D eigenvalue weighted by molar-refractivity contribution is 7.89. The average Bonchev–Trinajstić information content (AvgIpc) is 3.52. The molecule has 0 bridgehead atoms. The maximum Gasteiger partial charge on any atom is 0.260 e. The Balaban J connectivity index is 1.43. The smallest absolute Gasteiger partial charge is 0.260 e. The summed E-state index contributed by atoms with van der Waals surface area (Å²) in [5.74, 6) is 0.895. The number of rotatable bonds is 6. The third kappa shape index (κ3) is 4.51. The number of hydrogen-bond donors (Lipinski definition) is 0. The van der Waals surface area contributed by atoms with Crippen LogP contribution < -0.4 is 4.90 Å². The summed E-state index contributed by atoms with van der Waals surface area (Å²) in [5.41, 5.74) is 1.20. The van der Waals surface area contributed by atoms with Crippen LogP contribution in [0.15, 0.2) is 76.2 Å². The van der Waals surface area contributed by atoms with Crippen molar-refractivity contribution in [2.75, 3.05) is 18.0 Å². The van der Waals surface area contributed by atoms with Crippen LogP contribution in [0.3, 0.4) is 0 Å². The van der Waals surface area contributed by atoms with Gasteiger partial charge in [-0.1, -0.05) is 30.4 Å². The minimum Gasteiger partial charge on any atom is -0.467 e. The Morgan fingerprint density at radius 3 is 2.50 bits per heavy atom. The number of hydrogen-bond acceptors (Lipinski definition) is 6. The SMILES string of the molecule is CC1CCN(S(=O)(=O)c2ccc(C(=O)N(Cc3ccco3)c3nc4ccccc4s3)cc2)CC1. The normalized spacial score (nSPS) is 15.6. The van der Waals surface area contributed by atoms with Crippen LogP contribution in [0.25, 0.3) is 10.2 Å². The summed E-state index contributed by atoms with van der Waals surface area (Å²) >= 11 is 1.43. The van der Waals surface area contributed by atoms with Gasteiger partial charge in [0.15, 0.2) is 5.13 Å². The first-order chi connectivity index (χ1) is 16.4. The molecule has 34 heavy (non-hydrogen) atoms. The first-order valence-electron chi connectivity index (χ1n) is 11.2. The molecule has 4 aromatic rings. The summed E-state index contributed by atoms with van der Waals surface area (Å²) in [7, 11) is -3.58. The van der Waals surface area contributed by atoms with Crippen molar-refractivity contribution in [1.29, 1.82) is 0 Å². The van der Waals surface area contributed by atoms with Crippen LogP contribution in [0.1, 0.15) is 35.9 Å². The van der Waals surface area contributed by atoms with Gasteiger partial charge in [0.2, 0.25) is 10.0 Å². The summed E-state index contributed by atoms with van der Waals surface area (Å²) in [6.45, 7) is 3.42. The number of aromatic nitrogens is 1. The molecule has 176 valence electrons. The molecule has 1 aliphatic rings. The number of anilines is 1. The fraction of sp³-hybridized carbons (Fsp3) is 0.280. The van der Waals surface area contributed by atoms with Crippen molar-refractivity contribution in [3.63, 3.8) is 0 Å². The van der Waals surface area contributed by atoms with Gasteiger partial charge in [0.1, 0.15) is 5.76 Å². The summed E-state index contributed by atoms with van der Waals surface area (Å²) in [6, 6.07) is 17.5. The van der Waals surface area contributed by atoms with Gasteiger partial charge in [0.25, 0.3) is 5.91 Å². The van der Waals surface area contributed by atoms with Crippen molar-refractivity contribution < 1.29 is 17.6 Å². The molecule has 1 aliphatic heterocycles. The van der Waals surface area contributed by atoms with E-state index in [4.69, 9.17) is 4.42 Å². The van der Waals surface area contributed by atoms with E-state index in [1.54, 1.807) is 29.4 Å². The molecule has 2 aromatic carbocycles. The minimum absolute atomic E-state index is 0.205. The van der Waals surface area contributed by atoms with Gasteiger partial charge in [-0.25, -0.2) is 13.4 Å². The van der Waals surface area contributed by atoms with Crippen LogP contribution in [0.5, 0.6) is 0 Å². The maximum atomic E-state index is 13.5. The van der Waals surface area contributed by atoms with Crippen molar-refractivity contribution in [1.82, 2.24) is 9.29 Å². The first kappa shape index (κ1) is 22.8. The summed E-state index contributed by atoms with van der Waals surface area (Å²) in [5, 5.41) is 0.557. The third-order valence-electron chi connectivity index (χ3n) is 6.13. The molecule has 1 fully saturated rings. The van der Waals surface area contributed by atoms with Crippen LogP contribution in [-0.4, -0.2) is 36.7 Å². The predicted molar refractivity (Wildman–Crippen MR) is 132 cm³/mol. The molecule has 0 N–H and O–H groups in total. The molecule has 1 saturated heterocycles. The number of sulfonamides is 1. The number of thiazole rings is 1. The lowest BCUT2D eigenvalue weighted by atomic mass is 10.0. The van der Waals surface area contributed by atoms with Gasteiger partial charge in [-0.15, -0.1) is 0 Å². The highest BCUT2D eigenvalue weighted by Crippen LogP contribution is 2.31. The number of piperidine rings is 1. The molecular weight excluding hydrogens is 470 g/mol. The second kappa shape index (κ2) is 9.32. The molecule has 0 unspecified atom stereocenters. The zero-order valence-electron chi connectivity index (χ0n) is 18.8. The minimum atomic E-state index is -3.58. The van der Waals surface area contributed by atoms with Gasteiger partial charge in [-0.05, 0) is 67.3 Å². The molecule has 2 aromatic heterocycles. The van der Waals surface area contributed by atoms with Crippen molar-refractivity contribution in [3.8, 4) is 0 Å². The second-order valence-corrected chi connectivity index (χ2v) is 11.5. The number of para-hydroxylation sites is 1. The highest BCUT2D eigenvalue weighted by atomic mass is 32.2. The standard InChI is InChI=1S/C25H25N3O4S2/c1-18-12-14-27(15-13-18)34(30,31)21-10-8-19(9-11-21)24(29)28(17-20-5-4-16-32-20)25-26-22-6-2-3-7-23(22)33-25/h2-11,16,18H,12-15,17H2,1H3. The molecule has 0 radical (unpaired) electrons. The van der Waals surface area contributed by atoms with Crippen LogP contribution in [-0.2, 0) is 16.6 Å². The van der Waals surface area contributed by atoms with Crippen molar-refractivity contribution >= 4 is 42.6 Å². The topological polar surface area (TPSA) is 83.7 Å². The van der Waals surface area contributed by atoms with Gasteiger partial charge < -0.3 is 4.42 Å². The molecule has 3 heterocycles. The van der Waals surface area contributed by atoms with Gasteiger partial charge in [-0.2, -0.15) is 4.31 Å². The van der Waals surface area contributed by atoms with Gasteiger partial charge >= 0.3 is 0 Å². The number of furan rings is 1. The summed E-state index contributed by atoms with van der Waals surface area (Å²) < 4.78 is 34.1. The fourth-order valence-electron chi connectivity index (χ4n) is 4.06. The zero-order chi connectivity index (χ0) is 23.7. The predicted octanol–water partition coefficient (Wildman–Crippen LogP) is 5.16. The fourth-order valence-corrected chi connectivity index (χ4v) is 6.49. The third-order valence-corrected chi connectivity index (χ3v) is 9.11. The summed E-state index contributed by atoms with van der Waals surface area (Å²) in [4.78, 5) is 20.0. The molecule has 0 aliphatic carbocycles. The van der Waals surface area contributed by atoms with Gasteiger partial charge in [-0.3, -0.25) is 9.69 Å². The van der Waals surface area contributed by atoms with E-state index < -0.39 is 10.0 Å². The largest absolute Gasteiger partial charge is 0.467 e. The Kier molecular flexibility index (Phi) is 6.24. The number of amides is 1. The monoisotopic (exact) mass is 495 g/mol. The van der Waals surface area contributed by atoms with Gasteiger partial charge in [0.05, 0.1) is 27.9 Å². The van der Waals surface area contributed by atoms with E-state index in [-0.39, 0.29) is 17.3 Å². The molecular formula is C25H25N3O4S2. The van der Waals surface area contributed by atoms with E-state index >= 15 is 0 Å². The molecule has 1 amide bonds. The molecule has 5 rings (SSSR count). The van der Waals surface area contributed by atoms with E-state index in [1.165, 1.54) is 27.8 Å². The molecule has 0 atom stereocenters. The molecule has 7 nitrogen and oxygen atoms in total. The van der Waals surface area contributed by atoms with E-state index in [2.05, 4.69) is 11.9 Å². The number of fused-ring (bicyclic) bond motifs is 1. The first-order valence-corrected chi connectivity index (χ1v) is 13.5. The summed E-state index contributed by atoms with van der Waals surface area (Å²) in [6.07, 6.45) is 3.29. The van der Waals surface area contributed by atoms with E-state index in [9.17, 15) is 13.2 Å². The quantitative estimate of drug-likeness (QED) is 0.369. The van der Waals surface area contributed by atoms with Crippen molar-refractivity contribution in [2.24, 2.45) is 5.92 Å². The number of nitrogens with zero attached hydrogens (tertiary/aromatic N) is 3. The number of carbonyl (C=O) groups excluding carboxylic acids is 1. The van der Waals surface area contributed by atoms with E-state index in [0.717, 1.165) is 23.1 Å². The molecule has 0 saturated carbocycles. The van der Waals surface area contributed by atoms with Crippen LogP contribution >= 0.6 is 11.3 Å². The van der Waals surface area contributed by atoms with E-state index in [0.29, 0.717) is 35.5 Å². The van der Waals surface area contributed by atoms with Crippen LogP contribution in [0.2, 0.25) is 0 Å². The van der Waals surface area contributed by atoms with Gasteiger partial charge in [0, 0.05) is 18.7 Å². The van der Waals surface area contributed by atoms with Crippen LogP contribution in [0, 0.1) is 5.92 Å². The highest BCUT2D eigenvalue weighted by Gasteiger charge is 2.29. The Labute approximate surface area is 202 Å². The average molecular weight is 496 g/mol. The lowest BCUT2D eigenvalue weighted by Crippen LogP contribution is -2.37. The van der Waals surface area contributed by atoms with Crippen molar-refractivity contribution in [2.45, 2.75) is 31.2 Å². The Bertz CT molecular complexity index is 1350. The Morgan fingerprint density at radius 2 is 1.82 bits per heavy atom.